The summed E-state index contributed by atoms with van der Waals surface area (Å²) >= 11 is 6.00. The number of fused-ring (bicyclic) bond motifs is 1. The molecule has 0 aliphatic carbocycles. The molecule has 194 valence electrons. The van der Waals surface area contributed by atoms with E-state index in [1.807, 2.05) is 12.1 Å². The second-order valence-corrected chi connectivity index (χ2v) is 9.24. The number of amides is 3. The molecule has 1 atom stereocenters. The predicted molar refractivity (Wildman–Crippen MR) is 140 cm³/mol. The Kier molecular flexibility index (Phi) is 7.39. The zero-order chi connectivity index (χ0) is 26.6. The summed E-state index contributed by atoms with van der Waals surface area (Å²) in [6, 6.07) is 19.9. The van der Waals surface area contributed by atoms with E-state index in [9.17, 15) is 19.2 Å². The summed E-state index contributed by atoms with van der Waals surface area (Å²) in [4.78, 5) is 54.4. The van der Waals surface area contributed by atoms with Crippen molar-refractivity contribution >= 4 is 46.7 Å². The third-order valence-corrected chi connectivity index (χ3v) is 6.59. The van der Waals surface area contributed by atoms with Gasteiger partial charge in [-0.15, -0.1) is 0 Å². The van der Waals surface area contributed by atoms with Crippen molar-refractivity contribution in [2.45, 2.75) is 6.10 Å². The average Bonchev–Trinajstić information content (AvgIpc) is 3.18. The number of ether oxygens (including phenoxy) is 2. The Morgan fingerprint density at radius 1 is 0.895 bits per heavy atom. The standard InChI is InChI=1S/C28H24ClN3O6/c29-19-7-5-18(6-8-19)25(26(34)30-20-9-11-21(12-10-20)31-13-15-37-16-14-31)38-24(33)17-32-27(35)22-3-1-2-4-23(22)28(32)36/h1-12,25H,13-17H2,(H,30,34). The van der Waals surface area contributed by atoms with Crippen LogP contribution in [0.4, 0.5) is 11.4 Å². The Balaban J connectivity index is 1.30. The molecule has 3 aromatic rings. The molecular weight excluding hydrogens is 510 g/mol. The molecule has 0 radical (unpaired) electrons. The van der Waals surface area contributed by atoms with E-state index in [0.717, 1.165) is 23.7 Å². The fourth-order valence-corrected chi connectivity index (χ4v) is 4.50. The summed E-state index contributed by atoms with van der Waals surface area (Å²) in [5.74, 6) is -2.68. The lowest BCUT2D eigenvalue weighted by atomic mass is 10.1. The maximum absolute atomic E-state index is 13.3. The molecule has 1 unspecified atom stereocenters. The molecule has 0 spiro atoms. The number of halogens is 1. The molecule has 5 rings (SSSR count). The van der Waals surface area contributed by atoms with Gasteiger partial charge in [0, 0.05) is 35.1 Å². The largest absolute Gasteiger partial charge is 0.446 e. The molecule has 1 saturated heterocycles. The molecule has 10 heteroatoms. The van der Waals surface area contributed by atoms with E-state index >= 15 is 0 Å². The second-order valence-electron chi connectivity index (χ2n) is 8.80. The highest BCUT2D eigenvalue weighted by atomic mass is 35.5. The lowest BCUT2D eigenvalue weighted by Gasteiger charge is -2.29. The van der Waals surface area contributed by atoms with Gasteiger partial charge in [-0.1, -0.05) is 35.9 Å². The fourth-order valence-electron chi connectivity index (χ4n) is 4.38. The number of nitrogens with zero attached hydrogens (tertiary/aromatic N) is 2. The van der Waals surface area contributed by atoms with Gasteiger partial charge in [0.25, 0.3) is 17.7 Å². The topological polar surface area (TPSA) is 105 Å². The Morgan fingerprint density at radius 3 is 2.11 bits per heavy atom. The van der Waals surface area contributed by atoms with Gasteiger partial charge >= 0.3 is 5.97 Å². The molecule has 2 aliphatic rings. The lowest BCUT2D eigenvalue weighted by molar-refractivity contribution is -0.154. The molecule has 2 heterocycles. The van der Waals surface area contributed by atoms with E-state index < -0.39 is 36.3 Å². The van der Waals surface area contributed by atoms with Crippen molar-refractivity contribution in [1.82, 2.24) is 4.90 Å². The van der Waals surface area contributed by atoms with Gasteiger partial charge in [0.15, 0.2) is 0 Å². The Bertz CT molecular complexity index is 1340. The predicted octanol–water partition coefficient (Wildman–Crippen LogP) is 3.70. The maximum atomic E-state index is 13.3. The van der Waals surface area contributed by atoms with Crippen molar-refractivity contribution in [2.24, 2.45) is 0 Å². The lowest BCUT2D eigenvalue weighted by Crippen LogP contribution is -2.37. The first-order chi connectivity index (χ1) is 18.4. The van der Waals surface area contributed by atoms with Crippen LogP contribution in [0.15, 0.2) is 72.8 Å². The molecule has 1 N–H and O–H groups in total. The van der Waals surface area contributed by atoms with Crippen molar-refractivity contribution < 1.29 is 28.7 Å². The van der Waals surface area contributed by atoms with Gasteiger partial charge in [0.05, 0.1) is 24.3 Å². The van der Waals surface area contributed by atoms with Gasteiger partial charge in [0.2, 0.25) is 6.10 Å². The number of rotatable bonds is 7. The number of anilines is 2. The number of benzene rings is 3. The molecule has 38 heavy (non-hydrogen) atoms. The van der Waals surface area contributed by atoms with Crippen LogP contribution in [0, 0.1) is 0 Å². The van der Waals surface area contributed by atoms with E-state index in [4.69, 9.17) is 21.1 Å². The minimum absolute atomic E-state index is 0.220. The van der Waals surface area contributed by atoms with Crippen molar-refractivity contribution in [1.29, 1.82) is 0 Å². The highest BCUT2D eigenvalue weighted by Gasteiger charge is 2.37. The second kappa shape index (κ2) is 11.0. The quantitative estimate of drug-likeness (QED) is 0.365. The molecule has 0 bridgehead atoms. The van der Waals surface area contributed by atoms with Crippen LogP contribution in [-0.4, -0.2) is 61.4 Å². The molecule has 0 aromatic heterocycles. The minimum atomic E-state index is -1.34. The summed E-state index contributed by atoms with van der Waals surface area (Å²) in [6.07, 6.45) is -1.34. The third-order valence-electron chi connectivity index (χ3n) is 6.34. The zero-order valence-corrected chi connectivity index (χ0v) is 21.0. The normalized spacial score (nSPS) is 15.7. The van der Waals surface area contributed by atoms with Crippen LogP contribution >= 0.6 is 11.6 Å². The van der Waals surface area contributed by atoms with Gasteiger partial charge < -0.3 is 19.7 Å². The number of hydrogen-bond acceptors (Lipinski definition) is 7. The average molecular weight is 534 g/mol. The van der Waals surface area contributed by atoms with Crippen LogP contribution in [0.5, 0.6) is 0 Å². The van der Waals surface area contributed by atoms with E-state index in [0.29, 0.717) is 29.5 Å². The van der Waals surface area contributed by atoms with Gasteiger partial charge in [-0.2, -0.15) is 0 Å². The smallest absolute Gasteiger partial charge is 0.327 e. The van der Waals surface area contributed by atoms with Crippen molar-refractivity contribution in [3.05, 3.63) is 94.5 Å². The summed E-state index contributed by atoms with van der Waals surface area (Å²) in [6.45, 7) is 2.26. The van der Waals surface area contributed by atoms with Crippen LogP contribution in [0.25, 0.3) is 0 Å². The molecule has 3 amide bonds. The number of imide groups is 1. The van der Waals surface area contributed by atoms with Gasteiger partial charge in [-0.25, -0.2) is 0 Å². The van der Waals surface area contributed by atoms with Crippen LogP contribution < -0.4 is 10.2 Å². The number of carbonyl (C=O) groups is 4. The van der Waals surface area contributed by atoms with Crippen LogP contribution in [-0.2, 0) is 19.1 Å². The summed E-state index contributed by atoms with van der Waals surface area (Å²) in [5.41, 5.74) is 2.35. The third kappa shape index (κ3) is 5.39. The first-order valence-electron chi connectivity index (χ1n) is 12.0. The molecule has 9 nitrogen and oxygen atoms in total. The van der Waals surface area contributed by atoms with Gasteiger partial charge in [-0.3, -0.25) is 24.1 Å². The number of morpholine rings is 1. The van der Waals surface area contributed by atoms with Crippen LogP contribution in [0.1, 0.15) is 32.4 Å². The molecule has 3 aromatic carbocycles. The molecular formula is C28H24ClN3O6. The monoisotopic (exact) mass is 533 g/mol. The van der Waals surface area contributed by atoms with Crippen LogP contribution in [0.2, 0.25) is 5.02 Å². The Labute approximate surface area is 223 Å². The molecule has 0 saturated carbocycles. The number of esters is 1. The summed E-state index contributed by atoms with van der Waals surface area (Å²) in [5, 5.41) is 3.22. The van der Waals surface area contributed by atoms with Gasteiger partial charge in [-0.05, 0) is 48.5 Å². The van der Waals surface area contributed by atoms with E-state index in [1.54, 1.807) is 48.5 Å². The van der Waals surface area contributed by atoms with Crippen LogP contribution in [0.3, 0.4) is 0 Å². The summed E-state index contributed by atoms with van der Waals surface area (Å²) < 4.78 is 10.9. The van der Waals surface area contributed by atoms with E-state index in [1.165, 1.54) is 12.1 Å². The first kappa shape index (κ1) is 25.4. The molecule has 2 aliphatic heterocycles. The van der Waals surface area contributed by atoms with E-state index in [2.05, 4.69) is 10.2 Å². The fraction of sp³-hybridized carbons (Fsp3) is 0.214. The zero-order valence-electron chi connectivity index (χ0n) is 20.3. The first-order valence-corrected chi connectivity index (χ1v) is 12.4. The Morgan fingerprint density at radius 2 is 1.50 bits per heavy atom. The highest BCUT2D eigenvalue weighted by Crippen LogP contribution is 2.26. The van der Waals surface area contributed by atoms with Crippen molar-refractivity contribution in [3.8, 4) is 0 Å². The summed E-state index contributed by atoms with van der Waals surface area (Å²) in [7, 11) is 0. The number of carbonyl (C=O) groups excluding carboxylic acids is 4. The van der Waals surface area contributed by atoms with Crippen molar-refractivity contribution in [2.75, 3.05) is 43.1 Å². The van der Waals surface area contributed by atoms with Gasteiger partial charge in [0.1, 0.15) is 6.54 Å². The SMILES string of the molecule is O=C(CN1C(=O)c2ccccc2C1=O)OC(C(=O)Nc1ccc(N2CCOCC2)cc1)c1ccc(Cl)cc1. The number of nitrogens with one attached hydrogen (secondary N) is 1. The highest BCUT2D eigenvalue weighted by molar-refractivity contribution is 6.30. The maximum Gasteiger partial charge on any atom is 0.327 e. The minimum Gasteiger partial charge on any atom is -0.446 e. The van der Waals surface area contributed by atoms with E-state index in [-0.39, 0.29) is 11.1 Å². The number of hydrogen-bond donors (Lipinski definition) is 1. The van der Waals surface area contributed by atoms with Crippen molar-refractivity contribution in [3.63, 3.8) is 0 Å². The Hall–Kier alpha value is -4.21. The molecule has 1 fully saturated rings.